The summed E-state index contributed by atoms with van der Waals surface area (Å²) >= 11 is 1.45. The second-order valence-corrected chi connectivity index (χ2v) is 5.95. The topological polar surface area (TPSA) is 42.2 Å². The van der Waals surface area contributed by atoms with Crippen molar-refractivity contribution in [3.05, 3.63) is 82.4 Å². The Hall–Kier alpha value is -2.33. The standard InChI is InChI=1S/C18H17NO2S/c20-18(17-9-5-13-22-17)19-11-10-15(16-8-4-12-21-16)14-6-2-1-3-7-14/h1-9,12-13,15H,10-11H2,(H,19,20)/t15-/m0/s1. The minimum absolute atomic E-state index is 0.0127. The van der Waals surface area contributed by atoms with Gasteiger partial charge in [-0.3, -0.25) is 4.79 Å². The quantitative estimate of drug-likeness (QED) is 0.738. The van der Waals surface area contributed by atoms with Crippen LogP contribution in [0.3, 0.4) is 0 Å². The van der Waals surface area contributed by atoms with Gasteiger partial charge in [0.25, 0.3) is 5.91 Å². The zero-order chi connectivity index (χ0) is 15.2. The van der Waals surface area contributed by atoms with E-state index >= 15 is 0 Å². The van der Waals surface area contributed by atoms with Crippen LogP contribution in [0.4, 0.5) is 0 Å². The third-order valence-electron chi connectivity index (χ3n) is 3.55. The van der Waals surface area contributed by atoms with Gasteiger partial charge in [0.2, 0.25) is 0 Å². The first-order valence-corrected chi connectivity index (χ1v) is 8.12. The van der Waals surface area contributed by atoms with Crippen LogP contribution in [0.15, 0.2) is 70.7 Å². The van der Waals surface area contributed by atoms with Gasteiger partial charge >= 0.3 is 0 Å². The molecule has 22 heavy (non-hydrogen) atoms. The summed E-state index contributed by atoms with van der Waals surface area (Å²) in [6.45, 7) is 0.608. The van der Waals surface area contributed by atoms with E-state index in [9.17, 15) is 4.79 Å². The maximum atomic E-state index is 12.0. The number of rotatable bonds is 6. The Morgan fingerprint density at radius 1 is 1.09 bits per heavy atom. The molecule has 3 rings (SSSR count). The molecular formula is C18H17NO2S. The SMILES string of the molecule is O=C(NCC[C@@H](c1ccccc1)c1ccco1)c1cccs1. The van der Waals surface area contributed by atoms with Crippen LogP contribution in [0.5, 0.6) is 0 Å². The van der Waals surface area contributed by atoms with Crippen LogP contribution in [0, 0.1) is 0 Å². The van der Waals surface area contributed by atoms with Crippen molar-refractivity contribution in [2.75, 3.05) is 6.54 Å². The van der Waals surface area contributed by atoms with E-state index in [1.54, 1.807) is 6.26 Å². The first kappa shape index (κ1) is 14.6. The second-order valence-electron chi connectivity index (χ2n) is 5.00. The predicted molar refractivity (Wildman–Crippen MR) is 88.3 cm³/mol. The van der Waals surface area contributed by atoms with Crippen LogP contribution < -0.4 is 5.32 Å². The minimum atomic E-state index is -0.0127. The number of hydrogen-bond donors (Lipinski definition) is 1. The Morgan fingerprint density at radius 3 is 2.64 bits per heavy atom. The van der Waals surface area contributed by atoms with Crippen molar-refractivity contribution in [2.45, 2.75) is 12.3 Å². The lowest BCUT2D eigenvalue weighted by Crippen LogP contribution is -2.25. The molecule has 0 unspecified atom stereocenters. The molecule has 0 spiro atoms. The van der Waals surface area contributed by atoms with Gasteiger partial charge in [-0.2, -0.15) is 0 Å². The van der Waals surface area contributed by atoms with Gasteiger partial charge in [0.15, 0.2) is 0 Å². The monoisotopic (exact) mass is 311 g/mol. The van der Waals surface area contributed by atoms with Crippen molar-refractivity contribution in [1.29, 1.82) is 0 Å². The van der Waals surface area contributed by atoms with E-state index in [1.165, 1.54) is 16.9 Å². The first-order chi connectivity index (χ1) is 10.8. The van der Waals surface area contributed by atoms with Gasteiger partial charge in [-0.1, -0.05) is 36.4 Å². The summed E-state index contributed by atoms with van der Waals surface area (Å²) < 4.78 is 5.57. The zero-order valence-corrected chi connectivity index (χ0v) is 12.9. The maximum absolute atomic E-state index is 12.0. The van der Waals surface area contributed by atoms with E-state index in [0.29, 0.717) is 6.54 Å². The lowest BCUT2D eigenvalue weighted by molar-refractivity contribution is 0.0956. The Morgan fingerprint density at radius 2 is 1.95 bits per heavy atom. The largest absolute Gasteiger partial charge is 0.469 e. The van der Waals surface area contributed by atoms with Gasteiger partial charge < -0.3 is 9.73 Å². The van der Waals surface area contributed by atoms with Crippen LogP contribution in [0.1, 0.15) is 33.3 Å². The molecule has 0 bridgehead atoms. The Labute approximate surface area is 133 Å². The molecule has 4 heteroatoms. The van der Waals surface area contributed by atoms with E-state index in [0.717, 1.165) is 17.1 Å². The summed E-state index contributed by atoms with van der Waals surface area (Å²) in [5.41, 5.74) is 1.20. The third kappa shape index (κ3) is 3.46. The fraction of sp³-hybridized carbons (Fsp3) is 0.167. The van der Waals surface area contributed by atoms with Gasteiger partial charge in [0, 0.05) is 12.5 Å². The first-order valence-electron chi connectivity index (χ1n) is 7.24. The minimum Gasteiger partial charge on any atom is -0.469 e. The van der Waals surface area contributed by atoms with E-state index in [4.69, 9.17) is 4.42 Å². The second kappa shape index (κ2) is 7.09. The van der Waals surface area contributed by atoms with E-state index in [-0.39, 0.29) is 11.8 Å². The Balaban J connectivity index is 1.65. The highest BCUT2D eigenvalue weighted by atomic mass is 32.1. The molecule has 0 saturated carbocycles. The van der Waals surface area contributed by atoms with Crippen LogP contribution >= 0.6 is 11.3 Å². The average molecular weight is 311 g/mol. The average Bonchev–Trinajstić information content (AvgIpc) is 3.25. The highest BCUT2D eigenvalue weighted by Crippen LogP contribution is 2.27. The summed E-state index contributed by atoms with van der Waals surface area (Å²) in [5, 5.41) is 4.88. The van der Waals surface area contributed by atoms with Gasteiger partial charge in [-0.15, -0.1) is 11.3 Å². The maximum Gasteiger partial charge on any atom is 0.261 e. The Kier molecular flexibility index (Phi) is 4.71. The lowest BCUT2D eigenvalue weighted by Gasteiger charge is -2.15. The number of thiophene rings is 1. The van der Waals surface area contributed by atoms with Crippen molar-refractivity contribution < 1.29 is 9.21 Å². The highest BCUT2D eigenvalue weighted by molar-refractivity contribution is 7.12. The number of carbonyl (C=O) groups excluding carboxylic acids is 1. The molecule has 0 aliphatic heterocycles. The van der Waals surface area contributed by atoms with Gasteiger partial charge in [0.1, 0.15) is 5.76 Å². The molecule has 112 valence electrons. The van der Waals surface area contributed by atoms with Crippen molar-refractivity contribution >= 4 is 17.2 Å². The predicted octanol–water partition coefficient (Wildman–Crippen LogP) is 4.29. The normalized spacial score (nSPS) is 12.0. The van der Waals surface area contributed by atoms with Crippen LogP contribution in [-0.2, 0) is 0 Å². The van der Waals surface area contributed by atoms with Gasteiger partial charge in [-0.05, 0) is 35.6 Å². The molecule has 0 aliphatic carbocycles. The van der Waals surface area contributed by atoms with Gasteiger partial charge in [-0.25, -0.2) is 0 Å². The zero-order valence-electron chi connectivity index (χ0n) is 12.1. The molecule has 1 amide bonds. The number of amides is 1. The molecule has 0 fully saturated rings. The molecule has 2 aromatic heterocycles. The van der Waals surface area contributed by atoms with Crippen LogP contribution in [0.2, 0.25) is 0 Å². The molecule has 0 aliphatic rings. The fourth-order valence-corrected chi connectivity index (χ4v) is 3.11. The van der Waals surface area contributed by atoms with E-state index in [2.05, 4.69) is 17.4 Å². The number of nitrogens with one attached hydrogen (secondary N) is 1. The van der Waals surface area contributed by atoms with Crippen molar-refractivity contribution in [2.24, 2.45) is 0 Å². The molecule has 3 nitrogen and oxygen atoms in total. The number of furan rings is 1. The van der Waals surface area contributed by atoms with E-state index in [1.807, 2.05) is 47.8 Å². The molecule has 1 atom stereocenters. The summed E-state index contributed by atoms with van der Waals surface area (Å²) in [6.07, 6.45) is 2.49. The molecule has 1 N–H and O–H groups in total. The lowest BCUT2D eigenvalue weighted by atomic mass is 9.93. The highest BCUT2D eigenvalue weighted by Gasteiger charge is 2.17. The smallest absolute Gasteiger partial charge is 0.261 e. The third-order valence-corrected chi connectivity index (χ3v) is 4.42. The number of carbonyl (C=O) groups is 1. The fourth-order valence-electron chi connectivity index (χ4n) is 2.47. The van der Waals surface area contributed by atoms with Crippen molar-refractivity contribution in [3.8, 4) is 0 Å². The molecular weight excluding hydrogens is 294 g/mol. The number of benzene rings is 1. The molecule has 0 radical (unpaired) electrons. The molecule has 1 aromatic carbocycles. The van der Waals surface area contributed by atoms with Crippen LogP contribution in [0.25, 0.3) is 0 Å². The van der Waals surface area contributed by atoms with Crippen molar-refractivity contribution in [1.82, 2.24) is 5.32 Å². The molecule has 0 saturated heterocycles. The molecule has 2 heterocycles. The molecule has 3 aromatic rings. The summed E-state index contributed by atoms with van der Waals surface area (Å²) in [6, 6.07) is 17.8. The Bertz CT molecular complexity index is 690. The summed E-state index contributed by atoms with van der Waals surface area (Å²) in [5.74, 6) is 1.07. The number of hydrogen-bond acceptors (Lipinski definition) is 3. The van der Waals surface area contributed by atoms with Crippen molar-refractivity contribution in [3.63, 3.8) is 0 Å². The van der Waals surface area contributed by atoms with E-state index < -0.39 is 0 Å². The van der Waals surface area contributed by atoms with Gasteiger partial charge in [0.05, 0.1) is 11.1 Å². The van der Waals surface area contributed by atoms with Crippen LogP contribution in [-0.4, -0.2) is 12.5 Å². The summed E-state index contributed by atoms with van der Waals surface area (Å²) in [7, 11) is 0. The summed E-state index contributed by atoms with van der Waals surface area (Å²) in [4.78, 5) is 12.7.